The molecule has 21 heavy (non-hydrogen) atoms. The van der Waals surface area contributed by atoms with Crippen molar-refractivity contribution in [3.63, 3.8) is 0 Å². The maximum absolute atomic E-state index is 12.2. The number of nitrogens with one attached hydrogen (secondary N) is 2. The van der Waals surface area contributed by atoms with E-state index in [2.05, 4.69) is 10.6 Å². The first-order chi connectivity index (χ1) is 10.0. The summed E-state index contributed by atoms with van der Waals surface area (Å²) < 4.78 is 0. The minimum absolute atomic E-state index is 0.281. The van der Waals surface area contributed by atoms with E-state index in [4.69, 9.17) is 17.3 Å². The van der Waals surface area contributed by atoms with Crippen LogP contribution < -0.4 is 16.4 Å². The van der Waals surface area contributed by atoms with Gasteiger partial charge in [0.15, 0.2) is 0 Å². The first-order valence-electron chi connectivity index (χ1n) is 6.20. The average Bonchev–Trinajstić information content (AvgIpc) is 2.46. The number of anilines is 2. The summed E-state index contributed by atoms with van der Waals surface area (Å²) in [6.45, 7) is 0. The van der Waals surface area contributed by atoms with Gasteiger partial charge >= 0.3 is 0 Å². The number of hydrogen-bond acceptors (Lipinski definition) is 3. The topological polar surface area (TPSA) is 84.2 Å². The molecule has 2 aromatic rings. The summed E-state index contributed by atoms with van der Waals surface area (Å²) in [6, 6.07) is 11.3. The van der Waals surface area contributed by atoms with Gasteiger partial charge in [-0.05, 0) is 30.3 Å². The van der Waals surface area contributed by atoms with Gasteiger partial charge in [0.1, 0.15) is 0 Å². The van der Waals surface area contributed by atoms with Gasteiger partial charge in [-0.3, -0.25) is 9.59 Å². The summed E-state index contributed by atoms with van der Waals surface area (Å²) in [5.41, 5.74) is 7.18. The highest BCUT2D eigenvalue weighted by Gasteiger charge is 2.13. The molecule has 4 N–H and O–H groups in total. The first-order valence-corrected chi connectivity index (χ1v) is 6.57. The maximum atomic E-state index is 12.2. The summed E-state index contributed by atoms with van der Waals surface area (Å²) in [4.78, 5) is 24.0. The molecule has 0 radical (unpaired) electrons. The second-order valence-electron chi connectivity index (χ2n) is 4.35. The van der Waals surface area contributed by atoms with Gasteiger partial charge in [-0.15, -0.1) is 0 Å². The third-order valence-corrected chi connectivity index (χ3v) is 3.05. The zero-order chi connectivity index (χ0) is 15.4. The SMILES string of the molecule is CNC(=O)c1ccccc1NC(=O)c1cc(N)cc(Cl)c1. The van der Waals surface area contributed by atoms with Crippen molar-refractivity contribution < 1.29 is 9.59 Å². The Morgan fingerprint density at radius 2 is 1.81 bits per heavy atom. The van der Waals surface area contributed by atoms with E-state index in [1.165, 1.54) is 19.2 Å². The molecule has 0 bridgehead atoms. The number of carbonyl (C=O) groups is 2. The van der Waals surface area contributed by atoms with E-state index < -0.39 is 0 Å². The van der Waals surface area contributed by atoms with E-state index in [0.717, 1.165) is 0 Å². The molecular weight excluding hydrogens is 290 g/mol. The second kappa shape index (κ2) is 6.28. The average molecular weight is 304 g/mol. The molecule has 0 spiro atoms. The van der Waals surface area contributed by atoms with Gasteiger partial charge < -0.3 is 16.4 Å². The maximum Gasteiger partial charge on any atom is 0.255 e. The summed E-state index contributed by atoms with van der Waals surface area (Å²) in [7, 11) is 1.53. The van der Waals surface area contributed by atoms with E-state index in [-0.39, 0.29) is 11.8 Å². The van der Waals surface area contributed by atoms with Crippen LogP contribution in [0.5, 0.6) is 0 Å². The highest BCUT2D eigenvalue weighted by Crippen LogP contribution is 2.20. The van der Waals surface area contributed by atoms with Gasteiger partial charge in [0, 0.05) is 23.3 Å². The molecule has 6 heteroatoms. The van der Waals surface area contributed by atoms with Crippen molar-refractivity contribution in [2.75, 3.05) is 18.1 Å². The van der Waals surface area contributed by atoms with Crippen LogP contribution in [0.15, 0.2) is 42.5 Å². The fraction of sp³-hybridized carbons (Fsp3) is 0.0667. The predicted octanol–water partition coefficient (Wildman–Crippen LogP) is 2.53. The van der Waals surface area contributed by atoms with Crippen LogP contribution in [0.2, 0.25) is 5.02 Å². The lowest BCUT2D eigenvalue weighted by atomic mass is 10.1. The zero-order valence-corrected chi connectivity index (χ0v) is 12.1. The molecule has 108 valence electrons. The van der Waals surface area contributed by atoms with Crippen molar-refractivity contribution in [3.8, 4) is 0 Å². The Hall–Kier alpha value is -2.53. The molecule has 0 atom stereocenters. The standard InChI is InChI=1S/C15H14ClN3O2/c1-18-15(21)12-4-2-3-5-13(12)19-14(20)9-6-10(16)8-11(17)7-9/h2-8H,17H2,1H3,(H,18,21)(H,19,20). The molecule has 0 fully saturated rings. The Morgan fingerprint density at radius 1 is 1.10 bits per heavy atom. The molecule has 5 nitrogen and oxygen atoms in total. The third kappa shape index (κ3) is 3.52. The largest absolute Gasteiger partial charge is 0.399 e. The fourth-order valence-corrected chi connectivity index (χ4v) is 2.11. The van der Waals surface area contributed by atoms with Gasteiger partial charge in [0.25, 0.3) is 11.8 Å². The Balaban J connectivity index is 2.30. The minimum Gasteiger partial charge on any atom is -0.399 e. The Bertz CT molecular complexity index is 681. The van der Waals surface area contributed by atoms with Crippen LogP contribution in [-0.2, 0) is 0 Å². The number of para-hydroxylation sites is 1. The normalized spacial score (nSPS) is 10.0. The van der Waals surface area contributed by atoms with E-state index in [1.54, 1.807) is 30.3 Å². The van der Waals surface area contributed by atoms with Crippen LogP contribution in [0.25, 0.3) is 0 Å². The number of nitrogens with two attached hydrogens (primary N) is 1. The Kier molecular flexibility index (Phi) is 4.45. The van der Waals surface area contributed by atoms with Gasteiger partial charge in [0.05, 0.1) is 11.3 Å². The molecule has 2 rings (SSSR count). The van der Waals surface area contributed by atoms with Crippen LogP contribution in [0.4, 0.5) is 11.4 Å². The van der Waals surface area contributed by atoms with Gasteiger partial charge in [0.2, 0.25) is 0 Å². The molecule has 0 aliphatic heterocycles. The molecule has 0 aliphatic rings. The number of nitrogen functional groups attached to an aromatic ring is 1. The van der Waals surface area contributed by atoms with Crippen LogP contribution in [0.1, 0.15) is 20.7 Å². The monoisotopic (exact) mass is 303 g/mol. The van der Waals surface area contributed by atoms with E-state index >= 15 is 0 Å². The molecule has 0 saturated heterocycles. The van der Waals surface area contributed by atoms with Crippen LogP contribution >= 0.6 is 11.6 Å². The Morgan fingerprint density at radius 3 is 2.48 bits per heavy atom. The number of benzene rings is 2. The highest BCUT2D eigenvalue weighted by molar-refractivity contribution is 6.31. The van der Waals surface area contributed by atoms with Gasteiger partial charge in [-0.2, -0.15) is 0 Å². The quantitative estimate of drug-likeness (QED) is 0.762. The van der Waals surface area contributed by atoms with E-state index in [1.807, 2.05) is 0 Å². The van der Waals surface area contributed by atoms with Crippen molar-refractivity contribution in [2.45, 2.75) is 0 Å². The van der Waals surface area contributed by atoms with Crippen molar-refractivity contribution in [1.82, 2.24) is 5.32 Å². The van der Waals surface area contributed by atoms with Crippen LogP contribution in [0.3, 0.4) is 0 Å². The first kappa shape index (κ1) is 14.9. The van der Waals surface area contributed by atoms with Gasteiger partial charge in [-0.25, -0.2) is 0 Å². The zero-order valence-electron chi connectivity index (χ0n) is 11.3. The smallest absolute Gasteiger partial charge is 0.255 e. The summed E-state index contributed by atoms with van der Waals surface area (Å²) in [6.07, 6.45) is 0. The highest BCUT2D eigenvalue weighted by atomic mass is 35.5. The predicted molar refractivity (Wildman–Crippen MR) is 83.6 cm³/mol. The molecule has 0 aromatic heterocycles. The number of amides is 2. The summed E-state index contributed by atoms with van der Waals surface area (Å²) >= 11 is 5.88. The van der Waals surface area contributed by atoms with Crippen molar-refractivity contribution >= 4 is 34.8 Å². The minimum atomic E-state index is -0.388. The van der Waals surface area contributed by atoms with Crippen molar-refractivity contribution in [1.29, 1.82) is 0 Å². The third-order valence-electron chi connectivity index (χ3n) is 2.83. The molecular formula is C15H14ClN3O2. The molecule has 0 aliphatic carbocycles. The van der Waals surface area contributed by atoms with Crippen molar-refractivity contribution in [3.05, 3.63) is 58.6 Å². The number of carbonyl (C=O) groups excluding carboxylic acids is 2. The number of rotatable bonds is 3. The lowest BCUT2D eigenvalue weighted by molar-refractivity contribution is 0.0964. The van der Waals surface area contributed by atoms with E-state index in [0.29, 0.717) is 27.5 Å². The summed E-state index contributed by atoms with van der Waals surface area (Å²) in [5.74, 6) is -0.669. The van der Waals surface area contributed by atoms with Crippen molar-refractivity contribution in [2.24, 2.45) is 0 Å². The molecule has 0 heterocycles. The molecule has 0 unspecified atom stereocenters. The van der Waals surface area contributed by atoms with Gasteiger partial charge in [-0.1, -0.05) is 23.7 Å². The fourth-order valence-electron chi connectivity index (χ4n) is 1.86. The van der Waals surface area contributed by atoms with Crippen LogP contribution in [-0.4, -0.2) is 18.9 Å². The van der Waals surface area contributed by atoms with Crippen LogP contribution in [0, 0.1) is 0 Å². The number of hydrogen-bond donors (Lipinski definition) is 3. The second-order valence-corrected chi connectivity index (χ2v) is 4.79. The molecule has 2 amide bonds. The molecule has 2 aromatic carbocycles. The summed E-state index contributed by atoms with van der Waals surface area (Å²) in [5, 5.41) is 5.58. The molecule has 0 saturated carbocycles. The lowest BCUT2D eigenvalue weighted by Gasteiger charge is -2.10. The van der Waals surface area contributed by atoms with E-state index in [9.17, 15) is 9.59 Å². The lowest BCUT2D eigenvalue weighted by Crippen LogP contribution is -2.21. The Labute approximate surface area is 127 Å². The number of halogens is 1.